The van der Waals surface area contributed by atoms with Crippen molar-refractivity contribution in [1.82, 2.24) is 4.98 Å². The van der Waals surface area contributed by atoms with Gasteiger partial charge >= 0.3 is 0 Å². The Hall–Kier alpha value is -1.10. The summed E-state index contributed by atoms with van der Waals surface area (Å²) < 4.78 is 22.4. The van der Waals surface area contributed by atoms with Gasteiger partial charge in [0.25, 0.3) is 0 Å². The van der Waals surface area contributed by atoms with Crippen molar-refractivity contribution in [1.29, 1.82) is 0 Å². The fourth-order valence-corrected chi connectivity index (χ4v) is 1.62. The fraction of sp³-hybridized carbons (Fsp3) is 0.286. The van der Waals surface area contributed by atoms with Crippen molar-refractivity contribution in [2.45, 2.75) is 11.9 Å². The molecule has 0 saturated heterocycles. The van der Waals surface area contributed by atoms with Crippen LogP contribution in [0.25, 0.3) is 0 Å². The molecule has 4 nitrogen and oxygen atoms in total. The summed E-state index contributed by atoms with van der Waals surface area (Å²) in [7, 11) is -3.28. The minimum absolute atomic E-state index is 0.00699. The van der Waals surface area contributed by atoms with Crippen molar-refractivity contribution in [2.24, 2.45) is 0 Å². The summed E-state index contributed by atoms with van der Waals surface area (Å²) in [6.45, 7) is 1.53. The summed E-state index contributed by atoms with van der Waals surface area (Å²) in [6.07, 6.45) is 0. The highest BCUT2D eigenvalue weighted by Gasteiger charge is 2.10. The van der Waals surface area contributed by atoms with Gasteiger partial charge in [0.05, 0.1) is 5.75 Å². The molecule has 0 unspecified atom stereocenters. The molecule has 1 rings (SSSR count). The maximum Gasteiger partial charge on any atom is 0.248 e. The molecule has 0 aliphatic heterocycles. The SMILES string of the molecule is CCS(=O)(=O)c1cccc(=O)[nH]1. The molecule has 1 N–H and O–H groups in total. The van der Waals surface area contributed by atoms with E-state index in [2.05, 4.69) is 4.98 Å². The Morgan fingerprint density at radius 2 is 2.08 bits per heavy atom. The topological polar surface area (TPSA) is 67.0 Å². The van der Waals surface area contributed by atoms with Crippen LogP contribution < -0.4 is 5.56 Å². The second-order valence-corrected chi connectivity index (χ2v) is 4.53. The van der Waals surface area contributed by atoms with Crippen molar-refractivity contribution in [2.75, 3.05) is 5.75 Å². The zero-order valence-corrected chi connectivity index (χ0v) is 7.39. The number of hydrogen-bond donors (Lipinski definition) is 1. The van der Waals surface area contributed by atoms with Gasteiger partial charge in [-0.1, -0.05) is 13.0 Å². The van der Waals surface area contributed by atoms with E-state index >= 15 is 0 Å². The Bertz CT molecular complexity index is 418. The number of sulfone groups is 1. The highest BCUT2D eigenvalue weighted by Crippen LogP contribution is 2.03. The molecule has 0 aliphatic rings. The highest BCUT2D eigenvalue weighted by molar-refractivity contribution is 7.91. The highest BCUT2D eigenvalue weighted by atomic mass is 32.2. The smallest absolute Gasteiger partial charge is 0.248 e. The van der Waals surface area contributed by atoms with Gasteiger partial charge in [-0.2, -0.15) is 0 Å². The maximum absolute atomic E-state index is 11.2. The normalized spacial score (nSPS) is 11.4. The molecule has 0 spiro atoms. The predicted octanol–water partition coefficient (Wildman–Crippen LogP) is 0.169. The van der Waals surface area contributed by atoms with Crippen LogP contribution in [0.1, 0.15) is 6.92 Å². The van der Waals surface area contributed by atoms with E-state index in [0.717, 1.165) is 0 Å². The van der Waals surface area contributed by atoms with Crippen molar-refractivity contribution < 1.29 is 8.42 Å². The third-order valence-electron chi connectivity index (χ3n) is 1.46. The lowest BCUT2D eigenvalue weighted by Gasteiger charge is -1.98. The quantitative estimate of drug-likeness (QED) is 0.717. The van der Waals surface area contributed by atoms with Crippen molar-refractivity contribution in [3.8, 4) is 0 Å². The number of hydrogen-bond acceptors (Lipinski definition) is 3. The fourth-order valence-electron chi connectivity index (χ4n) is 0.765. The van der Waals surface area contributed by atoms with Crippen molar-refractivity contribution >= 4 is 9.84 Å². The second-order valence-electron chi connectivity index (χ2n) is 2.28. The summed E-state index contributed by atoms with van der Waals surface area (Å²) in [5, 5.41) is -0.0162. The van der Waals surface area contributed by atoms with E-state index in [1.54, 1.807) is 0 Å². The van der Waals surface area contributed by atoms with Crippen molar-refractivity contribution in [3.63, 3.8) is 0 Å². The first kappa shape index (κ1) is 8.99. The number of H-pyrrole nitrogens is 1. The van der Waals surface area contributed by atoms with Gasteiger partial charge in [0.15, 0.2) is 9.84 Å². The van der Waals surface area contributed by atoms with E-state index in [1.165, 1.54) is 25.1 Å². The number of rotatable bonds is 2. The lowest BCUT2D eigenvalue weighted by atomic mass is 10.5. The Morgan fingerprint density at radius 1 is 1.42 bits per heavy atom. The lowest BCUT2D eigenvalue weighted by Crippen LogP contribution is -2.12. The summed E-state index contributed by atoms with van der Waals surface area (Å²) in [6, 6.07) is 4.07. The van der Waals surface area contributed by atoms with Crippen LogP contribution in [0.2, 0.25) is 0 Å². The van der Waals surface area contributed by atoms with Crippen LogP contribution in [0.3, 0.4) is 0 Å². The molecule has 1 aromatic heterocycles. The average Bonchev–Trinajstić information content (AvgIpc) is 2.05. The molecule has 0 saturated carbocycles. The zero-order chi connectivity index (χ0) is 9.19. The average molecular weight is 187 g/mol. The summed E-state index contributed by atoms with van der Waals surface area (Å²) in [4.78, 5) is 13.0. The number of nitrogens with one attached hydrogen (secondary N) is 1. The standard InChI is InChI=1S/C7H9NO3S/c1-2-12(10,11)7-5-3-4-6(9)8-7/h3-5H,2H2,1H3,(H,8,9). The first-order valence-corrected chi connectivity index (χ1v) is 5.13. The minimum Gasteiger partial charge on any atom is -0.313 e. The van der Waals surface area contributed by atoms with Gasteiger partial charge < -0.3 is 4.98 Å². The second kappa shape index (κ2) is 3.10. The molecule has 5 heteroatoms. The molecule has 0 fully saturated rings. The van der Waals surface area contributed by atoms with E-state index in [-0.39, 0.29) is 10.8 Å². The molecule has 0 atom stereocenters. The zero-order valence-electron chi connectivity index (χ0n) is 6.57. The third-order valence-corrected chi connectivity index (χ3v) is 3.13. The molecule has 1 aromatic rings. The molecular formula is C7H9NO3S. The Kier molecular flexibility index (Phi) is 2.32. The van der Waals surface area contributed by atoms with E-state index in [4.69, 9.17) is 0 Å². The summed E-state index contributed by atoms with van der Waals surface area (Å²) >= 11 is 0. The van der Waals surface area contributed by atoms with E-state index < -0.39 is 15.4 Å². The van der Waals surface area contributed by atoms with Crippen LogP contribution in [0, 0.1) is 0 Å². The summed E-state index contributed by atoms with van der Waals surface area (Å²) in [5.41, 5.74) is -0.399. The van der Waals surface area contributed by atoms with E-state index in [1.807, 2.05) is 0 Å². The summed E-state index contributed by atoms with van der Waals surface area (Å²) in [5.74, 6) is -0.00699. The van der Waals surface area contributed by atoms with Crippen LogP contribution in [0.15, 0.2) is 28.0 Å². The first-order valence-electron chi connectivity index (χ1n) is 3.48. The largest absolute Gasteiger partial charge is 0.313 e. The number of aromatic nitrogens is 1. The van der Waals surface area contributed by atoms with Gasteiger partial charge in [0.2, 0.25) is 5.56 Å². The van der Waals surface area contributed by atoms with Gasteiger partial charge in [0.1, 0.15) is 5.03 Å². The molecule has 0 aromatic carbocycles. The molecule has 12 heavy (non-hydrogen) atoms. The van der Waals surface area contributed by atoms with Crippen LogP contribution >= 0.6 is 0 Å². The van der Waals surface area contributed by atoms with Crippen LogP contribution in [0.5, 0.6) is 0 Å². The molecule has 0 radical (unpaired) electrons. The first-order chi connectivity index (χ1) is 5.56. The number of pyridine rings is 1. The maximum atomic E-state index is 11.2. The van der Waals surface area contributed by atoms with Gasteiger partial charge in [-0.15, -0.1) is 0 Å². The number of aromatic amines is 1. The molecular weight excluding hydrogens is 178 g/mol. The van der Waals surface area contributed by atoms with Crippen LogP contribution in [-0.2, 0) is 9.84 Å². The Balaban J connectivity index is 3.31. The van der Waals surface area contributed by atoms with E-state index in [9.17, 15) is 13.2 Å². The van der Waals surface area contributed by atoms with E-state index in [0.29, 0.717) is 0 Å². The van der Waals surface area contributed by atoms with Crippen LogP contribution in [0.4, 0.5) is 0 Å². The van der Waals surface area contributed by atoms with Gasteiger partial charge in [0, 0.05) is 6.07 Å². The van der Waals surface area contributed by atoms with Crippen molar-refractivity contribution in [3.05, 3.63) is 28.6 Å². The van der Waals surface area contributed by atoms with Gasteiger partial charge in [-0.05, 0) is 6.07 Å². The van der Waals surface area contributed by atoms with Crippen LogP contribution in [-0.4, -0.2) is 19.2 Å². The molecule has 1 heterocycles. The molecule has 0 amide bonds. The third kappa shape index (κ3) is 1.73. The minimum atomic E-state index is -3.28. The molecule has 0 bridgehead atoms. The Morgan fingerprint density at radius 3 is 2.58 bits per heavy atom. The monoisotopic (exact) mass is 187 g/mol. The molecule has 0 aliphatic carbocycles. The van der Waals surface area contributed by atoms with Gasteiger partial charge in [-0.3, -0.25) is 4.79 Å². The van der Waals surface area contributed by atoms with Gasteiger partial charge in [-0.25, -0.2) is 8.42 Å². The predicted molar refractivity (Wildman–Crippen MR) is 44.8 cm³/mol. The Labute approximate surface area is 70.2 Å². The molecule has 66 valence electrons. The lowest BCUT2D eigenvalue weighted by molar-refractivity contribution is 0.593.